The van der Waals surface area contributed by atoms with E-state index in [9.17, 15) is 0 Å². The maximum absolute atomic E-state index is 5.73. The smallest absolute Gasteiger partial charge is 0.105 e. The quantitative estimate of drug-likeness (QED) is 0.914. The summed E-state index contributed by atoms with van der Waals surface area (Å²) in [5.74, 6) is 2.73. The second-order valence-corrected chi connectivity index (χ2v) is 7.29. The van der Waals surface area contributed by atoms with Gasteiger partial charge in [0, 0.05) is 36.3 Å². The highest BCUT2D eigenvalue weighted by Gasteiger charge is 2.37. The van der Waals surface area contributed by atoms with Gasteiger partial charge in [-0.05, 0) is 46.6 Å². The third-order valence-corrected chi connectivity index (χ3v) is 4.59. The summed E-state index contributed by atoms with van der Waals surface area (Å²) in [6, 6.07) is 3.18. The molecule has 2 unspecified atom stereocenters. The van der Waals surface area contributed by atoms with Crippen LogP contribution in [0.1, 0.15) is 57.7 Å². The van der Waals surface area contributed by atoms with Gasteiger partial charge in [-0.2, -0.15) is 0 Å². The first-order valence-electron chi connectivity index (χ1n) is 7.79. The molecule has 1 N–H and O–H groups in total. The summed E-state index contributed by atoms with van der Waals surface area (Å²) in [6.07, 6.45) is 0. The van der Waals surface area contributed by atoms with Crippen molar-refractivity contribution in [2.75, 3.05) is 13.1 Å². The Morgan fingerprint density at radius 2 is 1.95 bits per heavy atom. The molecule has 0 bridgehead atoms. The maximum atomic E-state index is 5.73. The molecule has 20 heavy (non-hydrogen) atoms. The molecule has 1 aromatic heterocycles. The van der Waals surface area contributed by atoms with E-state index in [1.54, 1.807) is 0 Å². The van der Waals surface area contributed by atoms with Gasteiger partial charge in [0.1, 0.15) is 11.5 Å². The molecule has 0 aliphatic carbocycles. The van der Waals surface area contributed by atoms with E-state index < -0.39 is 0 Å². The first-order valence-corrected chi connectivity index (χ1v) is 7.79. The summed E-state index contributed by atoms with van der Waals surface area (Å²) in [5, 5.41) is 3.68. The van der Waals surface area contributed by atoms with Gasteiger partial charge >= 0.3 is 0 Å². The third-order valence-electron chi connectivity index (χ3n) is 4.59. The van der Waals surface area contributed by atoms with E-state index in [1.165, 1.54) is 5.56 Å². The number of nitrogens with one attached hydrogen (secondary N) is 1. The Morgan fingerprint density at radius 3 is 2.45 bits per heavy atom. The minimum absolute atomic E-state index is 0.173. The second-order valence-electron chi connectivity index (χ2n) is 7.29. The van der Waals surface area contributed by atoms with Crippen LogP contribution < -0.4 is 5.32 Å². The lowest BCUT2D eigenvalue weighted by molar-refractivity contribution is 0.0366. The first-order chi connectivity index (χ1) is 9.21. The SMILES string of the molecule is Cc1cc(C(C)N2CC(C)(C)NCC2C(C)C)c(C)o1. The summed E-state index contributed by atoms with van der Waals surface area (Å²) in [6.45, 7) is 17.8. The molecule has 0 amide bonds. The standard InChI is InChI=1S/C17H30N2O/c1-11(2)16-9-18-17(6,7)10-19(16)13(4)15-8-12(3)20-14(15)5/h8,11,13,16,18H,9-10H2,1-7H3. The average molecular weight is 278 g/mol. The van der Waals surface area contributed by atoms with Crippen LogP contribution in [0.25, 0.3) is 0 Å². The molecule has 1 fully saturated rings. The number of furan rings is 1. The predicted octanol–water partition coefficient (Wildman–Crippen LogP) is 3.67. The molecular formula is C17H30N2O. The highest BCUT2D eigenvalue weighted by atomic mass is 16.3. The van der Waals surface area contributed by atoms with Crippen LogP contribution in [0.15, 0.2) is 10.5 Å². The van der Waals surface area contributed by atoms with E-state index in [2.05, 4.69) is 57.8 Å². The summed E-state index contributed by atoms with van der Waals surface area (Å²) < 4.78 is 5.73. The molecule has 0 aromatic carbocycles. The average Bonchev–Trinajstić information content (AvgIpc) is 2.65. The summed E-state index contributed by atoms with van der Waals surface area (Å²) in [5.41, 5.74) is 1.51. The van der Waals surface area contributed by atoms with Crippen molar-refractivity contribution in [3.05, 3.63) is 23.2 Å². The molecule has 1 aliphatic heterocycles. The van der Waals surface area contributed by atoms with E-state index >= 15 is 0 Å². The Hall–Kier alpha value is -0.800. The highest BCUT2D eigenvalue weighted by molar-refractivity contribution is 5.24. The molecule has 0 radical (unpaired) electrons. The summed E-state index contributed by atoms with van der Waals surface area (Å²) >= 11 is 0. The van der Waals surface area contributed by atoms with Crippen LogP contribution in [0.3, 0.4) is 0 Å². The van der Waals surface area contributed by atoms with Crippen molar-refractivity contribution in [2.45, 2.75) is 66.1 Å². The zero-order chi connectivity index (χ0) is 15.1. The summed E-state index contributed by atoms with van der Waals surface area (Å²) in [4.78, 5) is 2.65. The van der Waals surface area contributed by atoms with Gasteiger partial charge in [0.2, 0.25) is 0 Å². The minimum Gasteiger partial charge on any atom is -0.466 e. The van der Waals surface area contributed by atoms with Gasteiger partial charge in [-0.25, -0.2) is 0 Å². The van der Waals surface area contributed by atoms with Crippen molar-refractivity contribution in [3.63, 3.8) is 0 Å². The van der Waals surface area contributed by atoms with Gasteiger partial charge in [0.25, 0.3) is 0 Å². The lowest BCUT2D eigenvalue weighted by Crippen LogP contribution is -2.63. The van der Waals surface area contributed by atoms with Crippen LogP contribution in [0.2, 0.25) is 0 Å². The Bertz CT molecular complexity index is 462. The van der Waals surface area contributed by atoms with E-state index in [0.29, 0.717) is 18.0 Å². The van der Waals surface area contributed by atoms with E-state index in [4.69, 9.17) is 4.42 Å². The van der Waals surface area contributed by atoms with Crippen molar-refractivity contribution in [1.29, 1.82) is 0 Å². The fourth-order valence-corrected chi connectivity index (χ4v) is 3.41. The molecule has 114 valence electrons. The van der Waals surface area contributed by atoms with Crippen LogP contribution in [-0.4, -0.2) is 29.6 Å². The molecule has 0 spiro atoms. The molecule has 2 rings (SSSR count). The van der Waals surface area contributed by atoms with Gasteiger partial charge in [0.05, 0.1) is 0 Å². The zero-order valence-corrected chi connectivity index (χ0v) is 14.1. The van der Waals surface area contributed by atoms with Crippen molar-refractivity contribution < 1.29 is 4.42 Å². The molecule has 1 saturated heterocycles. The predicted molar refractivity (Wildman–Crippen MR) is 84.0 cm³/mol. The highest BCUT2D eigenvalue weighted by Crippen LogP contribution is 2.32. The van der Waals surface area contributed by atoms with Crippen molar-refractivity contribution >= 4 is 0 Å². The molecule has 0 saturated carbocycles. The Labute approximate surface area is 123 Å². The molecule has 2 atom stereocenters. The van der Waals surface area contributed by atoms with Crippen molar-refractivity contribution in [2.24, 2.45) is 5.92 Å². The normalized spacial score (nSPS) is 25.1. The van der Waals surface area contributed by atoms with Crippen molar-refractivity contribution in [1.82, 2.24) is 10.2 Å². The maximum Gasteiger partial charge on any atom is 0.105 e. The van der Waals surface area contributed by atoms with Crippen LogP contribution in [0.5, 0.6) is 0 Å². The van der Waals surface area contributed by atoms with Crippen LogP contribution in [0, 0.1) is 19.8 Å². The van der Waals surface area contributed by atoms with E-state index in [1.807, 2.05) is 6.92 Å². The number of nitrogens with zero attached hydrogens (tertiary/aromatic N) is 1. The third kappa shape index (κ3) is 3.09. The second kappa shape index (κ2) is 5.53. The number of piperazine rings is 1. The van der Waals surface area contributed by atoms with Crippen LogP contribution in [-0.2, 0) is 0 Å². The molecule has 3 nitrogen and oxygen atoms in total. The van der Waals surface area contributed by atoms with Gasteiger partial charge in [0.15, 0.2) is 0 Å². The Balaban J connectivity index is 2.28. The molecule has 2 heterocycles. The summed E-state index contributed by atoms with van der Waals surface area (Å²) in [7, 11) is 0. The molecule has 1 aromatic rings. The van der Waals surface area contributed by atoms with E-state index in [0.717, 1.165) is 24.6 Å². The monoisotopic (exact) mass is 278 g/mol. The number of hydrogen-bond donors (Lipinski definition) is 1. The Kier molecular flexibility index (Phi) is 4.31. The number of rotatable bonds is 3. The lowest BCUT2D eigenvalue weighted by Gasteiger charge is -2.48. The molecule has 3 heteroatoms. The topological polar surface area (TPSA) is 28.4 Å². The fraction of sp³-hybridized carbons (Fsp3) is 0.765. The van der Waals surface area contributed by atoms with Crippen LogP contribution >= 0.6 is 0 Å². The van der Waals surface area contributed by atoms with E-state index in [-0.39, 0.29) is 5.54 Å². The number of aryl methyl sites for hydroxylation is 2. The molecule has 1 aliphatic rings. The lowest BCUT2D eigenvalue weighted by atomic mass is 9.90. The minimum atomic E-state index is 0.173. The Morgan fingerprint density at radius 1 is 1.30 bits per heavy atom. The number of hydrogen-bond acceptors (Lipinski definition) is 3. The van der Waals surface area contributed by atoms with Gasteiger partial charge in [-0.3, -0.25) is 4.90 Å². The zero-order valence-electron chi connectivity index (χ0n) is 14.1. The van der Waals surface area contributed by atoms with Gasteiger partial charge in [-0.1, -0.05) is 13.8 Å². The van der Waals surface area contributed by atoms with Crippen molar-refractivity contribution in [3.8, 4) is 0 Å². The first kappa shape index (κ1) is 15.6. The fourth-order valence-electron chi connectivity index (χ4n) is 3.41. The van der Waals surface area contributed by atoms with Gasteiger partial charge < -0.3 is 9.73 Å². The molecular weight excluding hydrogens is 248 g/mol. The largest absolute Gasteiger partial charge is 0.466 e. The van der Waals surface area contributed by atoms with Gasteiger partial charge in [-0.15, -0.1) is 0 Å². The van der Waals surface area contributed by atoms with Crippen LogP contribution in [0.4, 0.5) is 0 Å².